The van der Waals surface area contributed by atoms with Crippen molar-refractivity contribution in [3.05, 3.63) is 63.7 Å². The third-order valence-corrected chi connectivity index (χ3v) is 5.36. The normalized spacial score (nSPS) is 10.6. The Morgan fingerprint density at radius 3 is 2.19 bits per heavy atom. The number of anilines is 1. The fraction of sp³-hybridized carbons (Fsp3) is 0.364. The van der Waals surface area contributed by atoms with E-state index in [0.717, 1.165) is 28.1 Å². The molecule has 0 spiro atoms. The van der Waals surface area contributed by atoms with Gasteiger partial charge in [0.25, 0.3) is 0 Å². The van der Waals surface area contributed by atoms with Crippen LogP contribution in [0, 0.1) is 34.6 Å². The summed E-state index contributed by atoms with van der Waals surface area (Å²) in [6, 6.07) is 10.4. The molecule has 0 radical (unpaired) electrons. The average Bonchev–Trinajstić information content (AvgIpc) is 2.59. The van der Waals surface area contributed by atoms with Gasteiger partial charge in [-0.25, -0.2) is 0 Å². The van der Waals surface area contributed by atoms with Gasteiger partial charge in [-0.2, -0.15) is 0 Å². The highest BCUT2D eigenvalue weighted by Crippen LogP contribution is 2.21. The maximum atomic E-state index is 12.2. The van der Waals surface area contributed by atoms with Crippen molar-refractivity contribution in [2.45, 2.75) is 40.4 Å². The summed E-state index contributed by atoms with van der Waals surface area (Å²) < 4.78 is 0. The Morgan fingerprint density at radius 2 is 1.52 bits per heavy atom. The molecule has 0 bridgehead atoms. The number of rotatable bonds is 7. The van der Waals surface area contributed by atoms with Gasteiger partial charge in [-0.05, 0) is 56.9 Å². The van der Waals surface area contributed by atoms with E-state index in [-0.39, 0.29) is 18.4 Å². The first-order chi connectivity index (χ1) is 12.8. The molecule has 0 saturated carbocycles. The van der Waals surface area contributed by atoms with Gasteiger partial charge in [0, 0.05) is 11.4 Å². The Hall–Kier alpha value is -2.27. The Balaban J connectivity index is 1.77. The van der Waals surface area contributed by atoms with E-state index < -0.39 is 0 Å². The zero-order chi connectivity index (χ0) is 20.0. The number of hydrogen-bond acceptors (Lipinski definition) is 3. The van der Waals surface area contributed by atoms with Gasteiger partial charge in [0.05, 0.1) is 12.3 Å². The van der Waals surface area contributed by atoms with Gasteiger partial charge in [0.1, 0.15) is 0 Å². The monoisotopic (exact) mass is 384 g/mol. The molecule has 2 N–H and O–H groups in total. The largest absolute Gasteiger partial charge is 0.346 e. The number of hydrogen-bond donors (Lipinski definition) is 2. The predicted octanol–water partition coefficient (Wildman–Crippen LogP) is 4.22. The number of thioether (sulfide) groups is 1. The summed E-state index contributed by atoms with van der Waals surface area (Å²) in [6.07, 6.45) is 0. The molecule has 0 saturated heterocycles. The molecule has 2 aromatic carbocycles. The van der Waals surface area contributed by atoms with E-state index in [4.69, 9.17) is 0 Å². The molecule has 0 unspecified atom stereocenters. The summed E-state index contributed by atoms with van der Waals surface area (Å²) >= 11 is 1.56. The quantitative estimate of drug-likeness (QED) is 0.751. The van der Waals surface area contributed by atoms with Crippen LogP contribution in [-0.4, -0.2) is 24.1 Å². The maximum Gasteiger partial charge on any atom is 0.243 e. The van der Waals surface area contributed by atoms with Crippen LogP contribution in [0.1, 0.15) is 33.4 Å². The second-order valence-corrected chi connectivity index (χ2v) is 8.01. The van der Waals surface area contributed by atoms with Crippen LogP contribution in [0.5, 0.6) is 0 Å². The highest BCUT2D eigenvalue weighted by Gasteiger charge is 2.10. The summed E-state index contributed by atoms with van der Waals surface area (Å²) in [6.45, 7) is 10.1. The second kappa shape index (κ2) is 9.60. The van der Waals surface area contributed by atoms with Gasteiger partial charge in [-0.15, -0.1) is 11.8 Å². The number of aryl methyl sites for hydroxylation is 5. The van der Waals surface area contributed by atoms with E-state index in [0.29, 0.717) is 5.75 Å². The van der Waals surface area contributed by atoms with Crippen molar-refractivity contribution < 1.29 is 9.59 Å². The van der Waals surface area contributed by atoms with Crippen molar-refractivity contribution in [1.82, 2.24) is 5.32 Å². The van der Waals surface area contributed by atoms with Gasteiger partial charge in [0.15, 0.2) is 0 Å². The number of nitrogens with one attached hydrogen (secondary N) is 2. The van der Waals surface area contributed by atoms with Crippen LogP contribution in [0.3, 0.4) is 0 Å². The Kier molecular flexibility index (Phi) is 7.48. The first-order valence-corrected chi connectivity index (χ1v) is 10.2. The standard InChI is InChI=1S/C22H28N2O2S/c1-14-6-7-16(3)19(10-14)12-27-13-21(26)23-11-20(25)24-22-17(4)8-15(2)9-18(22)5/h6-10H,11-13H2,1-5H3,(H,23,26)(H,24,25). The molecule has 4 nitrogen and oxygen atoms in total. The summed E-state index contributed by atoms with van der Waals surface area (Å²) in [4.78, 5) is 24.2. The number of carbonyl (C=O) groups excluding carboxylic acids is 2. The smallest absolute Gasteiger partial charge is 0.243 e. The fourth-order valence-corrected chi connectivity index (χ4v) is 3.92. The Morgan fingerprint density at radius 1 is 0.852 bits per heavy atom. The lowest BCUT2D eigenvalue weighted by atomic mass is 10.1. The zero-order valence-electron chi connectivity index (χ0n) is 16.7. The van der Waals surface area contributed by atoms with Crippen LogP contribution in [0.2, 0.25) is 0 Å². The molecule has 2 amide bonds. The minimum atomic E-state index is -0.210. The van der Waals surface area contributed by atoms with Gasteiger partial charge >= 0.3 is 0 Å². The van der Waals surface area contributed by atoms with E-state index in [2.05, 4.69) is 42.7 Å². The molecule has 27 heavy (non-hydrogen) atoms. The molecule has 0 aromatic heterocycles. The number of carbonyl (C=O) groups is 2. The average molecular weight is 385 g/mol. The molecule has 0 fully saturated rings. The molecule has 0 heterocycles. The summed E-state index contributed by atoms with van der Waals surface area (Å²) in [5.74, 6) is 0.786. The lowest BCUT2D eigenvalue weighted by molar-refractivity contribution is -0.122. The van der Waals surface area contributed by atoms with Gasteiger partial charge < -0.3 is 10.6 Å². The zero-order valence-corrected chi connectivity index (χ0v) is 17.5. The molecule has 2 aromatic rings. The highest BCUT2D eigenvalue weighted by atomic mass is 32.2. The SMILES string of the molecule is Cc1cc(C)c(NC(=O)CNC(=O)CSCc2cc(C)ccc2C)c(C)c1. The third-order valence-electron chi connectivity index (χ3n) is 4.38. The summed E-state index contributed by atoms with van der Waals surface area (Å²) in [5.41, 5.74) is 7.74. The molecular formula is C22H28N2O2S. The van der Waals surface area contributed by atoms with E-state index in [1.165, 1.54) is 16.7 Å². The highest BCUT2D eigenvalue weighted by molar-refractivity contribution is 7.99. The van der Waals surface area contributed by atoms with Crippen LogP contribution in [0.25, 0.3) is 0 Å². The summed E-state index contributed by atoms with van der Waals surface area (Å²) in [5, 5.41) is 5.59. The summed E-state index contributed by atoms with van der Waals surface area (Å²) in [7, 11) is 0. The number of amides is 2. The van der Waals surface area contributed by atoms with Crippen molar-refractivity contribution >= 4 is 29.3 Å². The number of benzene rings is 2. The van der Waals surface area contributed by atoms with E-state index in [1.54, 1.807) is 11.8 Å². The van der Waals surface area contributed by atoms with E-state index in [1.807, 2.05) is 32.9 Å². The Labute approximate surface area is 166 Å². The molecular weight excluding hydrogens is 356 g/mol. The van der Waals surface area contributed by atoms with Crippen LogP contribution >= 0.6 is 11.8 Å². The fourth-order valence-electron chi connectivity index (χ4n) is 3.00. The molecule has 144 valence electrons. The van der Waals surface area contributed by atoms with Crippen molar-refractivity contribution in [3.63, 3.8) is 0 Å². The third kappa shape index (κ3) is 6.43. The van der Waals surface area contributed by atoms with Gasteiger partial charge in [0.2, 0.25) is 11.8 Å². The van der Waals surface area contributed by atoms with Gasteiger partial charge in [-0.1, -0.05) is 41.5 Å². The Bertz CT molecular complexity index is 823. The maximum absolute atomic E-state index is 12.2. The molecule has 5 heteroatoms. The van der Waals surface area contributed by atoms with Crippen molar-refractivity contribution in [2.75, 3.05) is 17.6 Å². The minimum absolute atomic E-state index is 0.0182. The topological polar surface area (TPSA) is 58.2 Å². The molecule has 0 aliphatic carbocycles. The molecule has 0 aliphatic heterocycles. The minimum Gasteiger partial charge on any atom is -0.346 e. The first-order valence-electron chi connectivity index (χ1n) is 9.04. The van der Waals surface area contributed by atoms with Crippen LogP contribution in [0.4, 0.5) is 5.69 Å². The lowest BCUT2D eigenvalue weighted by Gasteiger charge is -2.13. The molecule has 0 aliphatic rings. The molecule has 0 atom stereocenters. The van der Waals surface area contributed by atoms with Crippen LogP contribution in [-0.2, 0) is 15.3 Å². The van der Waals surface area contributed by atoms with E-state index >= 15 is 0 Å². The van der Waals surface area contributed by atoms with E-state index in [9.17, 15) is 9.59 Å². The predicted molar refractivity (Wildman–Crippen MR) is 114 cm³/mol. The molecule has 2 rings (SSSR count). The lowest BCUT2D eigenvalue weighted by Crippen LogP contribution is -2.34. The van der Waals surface area contributed by atoms with Crippen molar-refractivity contribution in [1.29, 1.82) is 0 Å². The van der Waals surface area contributed by atoms with Crippen LogP contribution in [0.15, 0.2) is 30.3 Å². The van der Waals surface area contributed by atoms with Crippen LogP contribution < -0.4 is 10.6 Å². The van der Waals surface area contributed by atoms with Gasteiger partial charge in [-0.3, -0.25) is 9.59 Å². The second-order valence-electron chi connectivity index (χ2n) is 7.02. The van der Waals surface area contributed by atoms with Crippen molar-refractivity contribution in [2.24, 2.45) is 0 Å². The first kappa shape index (κ1) is 21.0. The van der Waals surface area contributed by atoms with Crippen molar-refractivity contribution in [3.8, 4) is 0 Å².